The number of ether oxygens (including phenoxy) is 2. The average molecular weight is 395 g/mol. The fraction of sp³-hybridized carbons (Fsp3) is 0.120. The number of hydrogen-bond donors (Lipinski definition) is 0. The minimum Gasteiger partial charge on any atom is -0.493 e. The number of aryl methyl sites for hydroxylation is 1. The molecule has 0 amide bonds. The number of fused-ring (bicyclic) bond motifs is 1. The van der Waals surface area contributed by atoms with Crippen molar-refractivity contribution < 1.29 is 9.47 Å². The van der Waals surface area contributed by atoms with Crippen LogP contribution in [0.15, 0.2) is 72.8 Å². The van der Waals surface area contributed by atoms with Crippen molar-refractivity contribution >= 4 is 22.7 Å². The molecule has 148 valence electrons. The van der Waals surface area contributed by atoms with Crippen LogP contribution in [0.2, 0.25) is 0 Å². The van der Waals surface area contributed by atoms with Gasteiger partial charge in [-0.25, -0.2) is 4.98 Å². The van der Waals surface area contributed by atoms with E-state index in [0.29, 0.717) is 29.5 Å². The lowest BCUT2D eigenvalue weighted by Crippen LogP contribution is -1.98. The fourth-order valence-corrected chi connectivity index (χ4v) is 3.33. The Kier molecular flexibility index (Phi) is 5.49. The molecule has 4 aromatic rings. The minimum atomic E-state index is 0.454. The number of nitrogens with zero attached hydrogens (tertiary/aromatic N) is 3. The molecule has 0 aliphatic carbocycles. The summed E-state index contributed by atoms with van der Waals surface area (Å²) >= 11 is 0. The molecule has 0 fully saturated rings. The third kappa shape index (κ3) is 3.89. The van der Waals surface area contributed by atoms with Crippen LogP contribution in [0.4, 0.5) is 0 Å². The van der Waals surface area contributed by atoms with Crippen LogP contribution in [-0.4, -0.2) is 16.7 Å². The molecule has 0 aliphatic rings. The van der Waals surface area contributed by atoms with Crippen molar-refractivity contribution in [3.63, 3.8) is 0 Å². The highest BCUT2D eigenvalue weighted by atomic mass is 16.5. The Labute approximate surface area is 175 Å². The maximum Gasteiger partial charge on any atom is 0.161 e. The Morgan fingerprint density at radius 2 is 1.80 bits per heavy atom. The molecule has 0 radical (unpaired) electrons. The van der Waals surface area contributed by atoms with E-state index in [2.05, 4.69) is 11.1 Å². The molecule has 5 heteroatoms. The van der Waals surface area contributed by atoms with Gasteiger partial charge in [-0.3, -0.25) is 0 Å². The summed E-state index contributed by atoms with van der Waals surface area (Å²) in [4.78, 5) is 4.62. The van der Waals surface area contributed by atoms with E-state index in [0.717, 1.165) is 22.2 Å². The standard InChI is InChI=1S/C25H21N3O2/c1-28-22-11-7-6-10-21(22)27-25(28)20(16-26)14-19-12-13-23(24(15-19)29-2)30-17-18-8-4-3-5-9-18/h3-15H,17H2,1-2H3/b20-14-. The van der Waals surface area contributed by atoms with Crippen molar-refractivity contribution in [2.24, 2.45) is 7.05 Å². The topological polar surface area (TPSA) is 60.1 Å². The molecule has 30 heavy (non-hydrogen) atoms. The number of allylic oxidation sites excluding steroid dienone is 1. The number of hydrogen-bond acceptors (Lipinski definition) is 4. The second-order valence-corrected chi connectivity index (χ2v) is 6.84. The van der Waals surface area contributed by atoms with E-state index in [-0.39, 0.29) is 0 Å². The van der Waals surface area contributed by atoms with Crippen LogP contribution < -0.4 is 9.47 Å². The van der Waals surface area contributed by atoms with Crippen molar-refractivity contribution in [1.82, 2.24) is 9.55 Å². The van der Waals surface area contributed by atoms with E-state index in [1.165, 1.54) is 0 Å². The fourth-order valence-electron chi connectivity index (χ4n) is 3.33. The molecular formula is C25H21N3O2. The Balaban J connectivity index is 1.63. The van der Waals surface area contributed by atoms with Crippen LogP contribution in [0, 0.1) is 11.3 Å². The maximum atomic E-state index is 9.75. The predicted octanol–water partition coefficient (Wildman–Crippen LogP) is 5.23. The van der Waals surface area contributed by atoms with Gasteiger partial charge in [0, 0.05) is 7.05 Å². The van der Waals surface area contributed by atoms with Crippen LogP contribution >= 0.6 is 0 Å². The van der Waals surface area contributed by atoms with Crippen molar-refractivity contribution in [2.45, 2.75) is 6.61 Å². The Bertz CT molecular complexity index is 1250. The van der Waals surface area contributed by atoms with Gasteiger partial charge < -0.3 is 14.0 Å². The highest BCUT2D eigenvalue weighted by Crippen LogP contribution is 2.31. The predicted molar refractivity (Wildman–Crippen MR) is 118 cm³/mol. The van der Waals surface area contributed by atoms with E-state index in [1.54, 1.807) is 7.11 Å². The smallest absolute Gasteiger partial charge is 0.161 e. The van der Waals surface area contributed by atoms with Crippen molar-refractivity contribution in [1.29, 1.82) is 5.26 Å². The minimum absolute atomic E-state index is 0.454. The first kappa shape index (κ1) is 19.3. The SMILES string of the molecule is COc1cc(/C=C(/C#N)c2nc3ccccc3n2C)ccc1OCc1ccccc1. The number of aromatic nitrogens is 2. The van der Waals surface area contributed by atoms with Gasteiger partial charge in [-0.1, -0.05) is 48.5 Å². The maximum absolute atomic E-state index is 9.75. The molecule has 0 atom stereocenters. The molecule has 0 spiro atoms. The number of methoxy groups -OCH3 is 1. The van der Waals surface area contributed by atoms with Gasteiger partial charge in [0.2, 0.25) is 0 Å². The van der Waals surface area contributed by atoms with E-state index in [9.17, 15) is 5.26 Å². The summed E-state index contributed by atoms with van der Waals surface area (Å²) in [6.07, 6.45) is 1.81. The zero-order valence-electron chi connectivity index (χ0n) is 16.9. The molecule has 1 aromatic heterocycles. The van der Waals surface area contributed by atoms with Gasteiger partial charge >= 0.3 is 0 Å². The number of nitriles is 1. The molecule has 1 heterocycles. The van der Waals surface area contributed by atoms with Gasteiger partial charge in [0.15, 0.2) is 17.3 Å². The third-order valence-corrected chi connectivity index (χ3v) is 4.88. The first-order chi connectivity index (χ1) is 14.7. The lowest BCUT2D eigenvalue weighted by atomic mass is 10.1. The summed E-state index contributed by atoms with van der Waals surface area (Å²) < 4.78 is 13.4. The van der Waals surface area contributed by atoms with Crippen molar-refractivity contribution in [2.75, 3.05) is 7.11 Å². The molecule has 0 unspecified atom stereocenters. The summed E-state index contributed by atoms with van der Waals surface area (Å²) in [6, 6.07) is 25.7. The Morgan fingerprint density at radius 1 is 1.03 bits per heavy atom. The van der Waals surface area contributed by atoms with Gasteiger partial charge in [-0.15, -0.1) is 0 Å². The van der Waals surface area contributed by atoms with Crippen LogP contribution in [0.5, 0.6) is 11.5 Å². The molecule has 0 N–H and O–H groups in total. The lowest BCUT2D eigenvalue weighted by Gasteiger charge is -2.11. The Morgan fingerprint density at radius 3 is 2.53 bits per heavy atom. The number of para-hydroxylation sites is 2. The zero-order valence-corrected chi connectivity index (χ0v) is 16.9. The van der Waals surface area contributed by atoms with Crippen LogP contribution in [0.1, 0.15) is 17.0 Å². The summed E-state index contributed by atoms with van der Waals surface area (Å²) in [5.74, 6) is 1.89. The number of rotatable bonds is 6. The Hall–Kier alpha value is -4.04. The molecule has 0 bridgehead atoms. The van der Waals surface area contributed by atoms with Crippen LogP contribution in [-0.2, 0) is 13.7 Å². The van der Waals surface area contributed by atoms with Crippen molar-refractivity contribution in [3.05, 3.63) is 89.7 Å². The van der Waals surface area contributed by atoms with Crippen molar-refractivity contribution in [3.8, 4) is 17.6 Å². The monoisotopic (exact) mass is 395 g/mol. The summed E-state index contributed by atoms with van der Waals surface area (Å²) in [7, 11) is 3.52. The van der Waals surface area contributed by atoms with Gasteiger partial charge in [-0.05, 0) is 41.5 Å². The lowest BCUT2D eigenvalue weighted by molar-refractivity contribution is 0.284. The second kappa shape index (κ2) is 8.54. The average Bonchev–Trinajstić information content (AvgIpc) is 3.13. The molecular weight excluding hydrogens is 374 g/mol. The first-order valence-corrected chi connectivity index (χ1v) is 9.58. The quantitative estimate of drug-likeness (QED) is 0.420. The van der Waals surface area contributed by atoms with E-state index in [4.69, 9.17) is 9.47 Å². The molecule has 3 aromatic carbocycles. The molecule has 5 nitrogen and oxygen atoms in total. The molecule has 0 aliphatic heterocycles. The van der Waals surface area contributed by atoms with Gasteiger partial charge in [-0.2, -0.15) is 5.26 Å². The first-order valence-electron chi connectivity index (χ1n) is 9.58. The van der Waals surface area contributed by atoms with Gasteiger partial charge in [0.25, 0.3) is 0 Å². The molecule has 4 rings (SSSR count). The zero-order chi connectivity index (χ0) is 20.9. The number of imidazole rings is 1. The molecule has 0 saturated carbocycles. The highest BCUT2D eigenvalue weighted by molar-refractivity contribution is 5.91. The van der Waals surface area contributed by atoms with E-state index in [1.807, 2.05) is 90.5 Å². The largest absolute Gasteiger partial charge is 0.493 e. The van der Waals surface area contributed by atoms with E-state index < -0.39 is 0 Å². The van der Waals surface area contributed by atoms with Gasteiger partial charge in [0.05, 0.1) is 23.7 Å². The van der Waals surface area contributed by atoms with Crippen LogP contribution in [0.3, 0.4) is 0 Å². The normalized spacial score (nSPS) is 11.3. The van der Waals surface area contributed by atoms with Gasteiger partial charge in [0.1, 0.15) is 12.7 Å². The summed E-state index contributed by atoms with van der Waals surface area (Å²) in [5.41, 5.74) is 4.24. The number of benzene rings is 3. The van der Waals surface area contributed by atoms with E-state index >= 15 is 0 Å². The second-order valence-electron chi connectivity index (χ2n) is 6.84. The summed E-state index contributed by atoms with van der Waals surface area (Å²) in [5, 5.41) is 9.75. The third-order valence-electron chi connectivity index (χ3n) is 4.88. The highest BCUT2D eigenvalue weighted by Gasteiger charge is 2.13. The molecule has 0 saturated heterocycles. The van der Waals surface area contributed by atoms with Crippen LogP contribution in [0.25, 0.3) is 22.7 Å². The summed E-state index contributed by atoms with van der Waals surface area (Å²) in [6.45, 7) is 0.454.